The molecule has 5 heteroatoms. The first kappa shape index (κ1) is 13.5. The molecule has 0 aliphatic carbocycles. The zero-order chi connectivity index (χ0) is 13.0. The summed E-state index contributed by atoms with van der Waals surface area (Å²) in [4.78, 5) is 4.24. The molecule has 0 unspecified atom stereocenters. The zero-order valence-electron chi connectivity index (χ0n) is 9.53. The third kappa shape index (κ3) is 3.54. The standard InChI is InChI=1S/C13H12Br2N2O/c14-11-5-9(6-12(15)13(11)18)7-16-8-10-3-1-2-4-17-10/h1-6,16,18H,7-8H2. The van der Waals surface area contributed by atoms with Crippen molar-refractivity contribution in [1.29, 1.82) is 0 Å². The molecular weight excluding hydrogens is 360 g/mol. The Morgan fingerprint density at radius 2 is 1.83 bits per heavy atom. The van der Waals surface area contributed by atoms with Crippen LogP contribution in [0.1, 0.15) is 11.3 Å². The van der Waals surface area contributed by atoms with Crippen LogP contribution in [-0.4, -0.2) is 10.1 Å². The summed E-state index contributed by atoms with van der Waals surface area (Å²) < 4.78 is 1.37. The maximum absolute atomic E-state index is 9.61. The van der Waals surface area contributed by atoms with E-state index in [4.69, 9.17) is 0 Å². The van der Waals surface area contributed by atoms with Crippen molar-refractivity contribution in [2.24, 2.45) is 0 Å². The summed E-state index contributed by atoms with van der Waals surface area (Å²) in [6, 6.07) is 9.64. The van der Waals surface area contributed by atoms with E-state index in [1.165, 1.54) is 0 Å². The first-order valence-corrected chi connectivity index (χ1v) is 7.03. The van der Waals surface area contributed by atoms with E-state index < -0.39 is 0 Å². The second-order valence-electron chi connectivity index (χ2n) is 3.83. The average molecular weight is 372 g/mol. The lowest BCUT2D eigenvalue weighted by Gasteiger charge is -2.07. The second kappa shape index (κ2) is 6.31. The van der Waals surface area contributed by atoms with Crippen LogP contribution in [-0.2, 0) is 13.1 Å². The lowest BCUT2D eigenvalue weighted by atomic mass is 10.2. The lowest BCUT2D eigenvalue weighted by Crippen LogP contribution is -2.13. The van der Waals surface area contributed by atoms with E-state index in [1.54, 1.807) is 6.20 Å². The highest BCUT2D eigenvalue weighted by Crippen LogP contribution is 2.33. The van der Waals surface area contributed by atoms with Crippen LogP contribution < -0.4 is 5.32 Å². The van der Waals surface area contributed by atoms with Gasteiger partial charge in [-0.25, -0.2) is 0 Å². The van der Waals surface area contributed by atoms with Crippen LogP contribution in [0.5, 0.6) is 5.75 Å². The first-order chi connectivity index (χ1) is 8.66. The van der Waals surface area contributed by atoms with Crippen molar-refractivity contribution in [2.45, 2.75) is 13.1 Å². The minimum absolute atomic E-state index is 0.225. The molecule has 3 nitrogen and oxygen atoms in total. The molecule has 0 fully saturated rings. The van der Waals surface area contributed by atoms with Gasteiger partial charge in [0.15, 0.2) is 0 Å². The summed E-state index contributed by atoms with van der Waals surface area (Å²) >= 11 is 6.63. The number of rotatable bonds is 4. The van der Waals surface area contributed by atoms with Gasteiger partial charge in [-0.2, -0.15) is 0 Å². The van der Waals surface area contributed by atoms with E-state index in [0.29, 0.717) is 15.5 Å². The maximum Gasteiger partial charge on any atom is 0.143 e. The molecule has 1 aromatic carbocycles. The van der Waals surface area contributed by atoms with Gasteiger partial charge in [0.25, 0.3) is 0 Å². The molecule has 2 N–H and O–H groups in total. The van der Waals surface area contributed by atoms with E-state index in [-0.39, 0.29) is 5.75 Å². The van der Waals surface area contributed by atoms with Gasteiger partial charge in [-0.15, -0.1) is 0 Å². The van der Waals surface area contributed by atoms with Crippen molar-refractivity contribution in [3.63, 3.8) is 0 Å². The van der Waals surface area contributed by atoms with Gasteiger partial charge in [0.05, 0.1) is 14.6 Å². The van der Waals surface area contributed by atoms with Gasteiger partial charge in [0.2, 0.25) is 0 Å². The van der Waals surface area contributed by atoms with Gasteiger partial charge in [-0.1, -0.05) is 6.07 Å². The van der Waals surface area contributed by atoms with Gasteiger partial charge in [-0.3, -0.25) is 4.98 Å². The topological polar surface area (TPSA) is 45.1 Å². The Bertz CT molecular complexity index is 509. The van der Waals surface area contributed by atoms with Gasteiger partial charge < -0.3 is 10.4 Å². The van der Waals surface area contributed by atoms with E-state index >= 15 is 0 Å². The van der Waals surface area contributed by atoms with Crippen LogP contribution in [0.25, 0.3) is 0 Å². The van der Waals surface area contributed by atoms with Crippen molar-refractivity contribution in [3.8, 4) is 5.75 Å². The van der Waals surface area contributed by atoms with Crippen LogP contribution in [0, 0.1) is 0 Å². The van der Waals surface area contributed by atoms with Crippen LogP contribution in [0.2, 0.25) is 0 Å². The number of phenolic OH excluding ortho intramolecular Hbond substituents is 1. The highest BCUT2D eigenvalue weighted by atomic mass is 79.9. The molecule has 1 heterocycles. The Balaban J connectivity index is 1.95. The quantitative estimate of drug-likeness (QED) is 0.862. The summed E-state index contributed by atoms with van der Waals surface area (Å²) in [6.45, 7) is 1.44. The fourth-order valence-corrected chi connectivity index (χ4v) is 2.84. The summed E-state index contributed by atoms with van der Waals surface area (Å²) in [5.74, 6) is 0.225. The lowest BCUT2D eigenvalue weighted by molar-refractivity contribution is 0.468. The predicted octanol–water partition coefficient (Wildman–Crippen LogP) is 3.60. The molecule has 2 aromatic rings. The number of phenols is 1. The summed E-state index contributed by atoms with van der Waals surface area (Å²) in [5.41, 5.74) is 2.09. The van der Waals surface area contributed by atoms with Crippen molar-refractivity contribution in [2.75, 3.05) is 0 Å². The molecule has 0 amide bonds. The molecule has 0 atom stereocenters. The fraction of sp³-hybridized carbons (Fsp3) is 0.154. The van der Waals surface area contributed by atoms with E-state index in [2.05, 4.69) is 42.2 Å². The van der Waals surface area contributed by atoms with Crippen molar-refractivity contribution < 1.29 is 5.11 Å². The molecule has 0 bridgehead atoms. The number of benzene rings is 1. The largest absolute Gasteiger partial charge is 0.506 e. The van der Waals surface area contributed by atoms with Gasteiger partial charge >= 0.3 is 0 Å². The zero-order valence-corrected chi connectivity index (χ0v) is 12.7. The molecule has 0 aliphatic heterocycles. The van der Waals surface area contributed by atoms with Gasteiger partial charge in [0.1, 0.15) is 5.75 Å². The van der Waals surface area contributed by atoms with Gasteiger partial charge in [-0.05, 0) is 61.7 Å². The Labute approximate surface area is 123 Å². The average Bonchev–Trinajstić information content (AvgIpc) is 2.37. The molecular formula is C13H12Br2N2O. The molecule has 2 rings (SSSR count). The molecule has 0 radical (unpaired) electrons. The van der Waals surface area contributed by atoms with Crippen LogP contribution >= 0.6 is 31.9 Å². The number of nitrogens with zero attached hydrogens (tertiary/aromatic N) is 1. The molecule has 0 saturated heterocycles. The Kier molecular flexibility index (Phi) is 4.74. The highest BCUT2D eigenvalue weighted by Gasteiger charge is 2.05. The molecule has 94 valence electrons. The molecule has 0 spiro atoms. The molecule has 18 heavy (non-hydrogen) atoms. The Morgan fingerprint density at radius 1 is 1.11 bits per heavy atom. The van der Waals surface area contributed by atoms with Crippen molar-refractivity contribution in [1.82, 2.24) is 10.3 Å². The minimum atomic E-state index is 0.225. The van der Waals surface area contributed by atoms with Crippen LogP contribution in [0.3, 0.4) is 0 Å². The minimum Gasteiger partial charge on any atom is -0.506 e. The number of hydrogen-bond donors (Lipinski definition) is 2. The van der Waals surface area contributed by atoms with Crippen molar-refractivity contribution >= 4 is 31.9 Å². The number of hydrogen-bond acceptors (Lipinski definition) is 3. The molecule has 0 aliphatic rings. The SMILES string of the molecule is Oc1c(Br)cc(CNCc2ccccn2)cc1Br. The van der Waals surface area contributed by atoms with E-state index in [9.17, 15) is 5.11 Å². The normalized spacial score (nSPS) is 10.6. The number of nitrogens with one attached hydrogen (secondary N) is 1. The summed E-state index contributed by atoms with van der Waals surface area (Å²) in [6.07, 6.45) is 1.78. The summed E-state index contributed by atoms with van der Waals surface area (Å²) in [7, 11) is 0. The van der Waals surface area contributed by atoms with Gasteiger partial charge in [0, 0.05) is 19.3 Å². The fourth-order valence-electron chi connectivity index (χ4n) is 1.56. The third-order valence-electron chi connectivity index (χ3n) is 2.44. The third-order valence-corrected chi connectivity index (χ3v) is 3.65. The van der Waals surface area contributed by atoms with Crippen LogP contribution in [0.15, 0.2) is 45.5 Å². The van der Waals surface area contributed by atoms with Crippen LogP contribution in [0.4, 0.5) is 0 Å². The first-order valence-electron chi connectivity index (χ1n) is 5.44. The highest BCUT2D eigenvalue weighted by molar-refractivity contribution is 9.11. The maximum atomic E-state index is 9.61. The smallest absolute Gasteiger partial charge is 0.143 e. The van der Waals surface area contributed by atoms with E-state index in [0.717, 1.165) is 17.8 Å². The molecule has 1 aromatic heterocycles. The monoisotopic (exact) mass is 370 g/mol. The van der Waals surface area contributed by atoms with Crippen molar-refractivity contribution in [3.05, 3.63) is 56.7 Å². The Morgan fingerprint density at radius 3 is 2.44 bits per heavy atom. The molecule has 0 saturated carbocycles. The Hall–Kier alpha value is -0.910. The number of pyridine rings is 1. The summed E-state index contributed by atoms with van der Waals surface area (Å²) in [5, 5.41) is 12.9. The number of aromatic nitrogens is 1. The number of aromatic hydroxyl groups is 1. The predicted molar refractivity (Wildman–Crippen MR) is 78.3 cm³/mol. The van der Waals surface area contributed by atoms with E-state index in [1.807, 2.05) is 30.3 Å². The second-order valence-corrected chi connectivity index (χ2v) is 5.54. The number of halogens is 2.